The molecule has 0 aliphatic carbocycles. The van der Waals surface area contributed by atoms with Gasteiger partial charge in [0.15, 0.2) is 0 Å². The molecule has 0 spiro atoms. The second-order valence-electron chi connectivity index (χ2n) is 5.74. The Balaban J connectivity index is 0. The molecule has 0 bridgehead atoms. The molecule has 0 heterocycles. The number of carbonyl (C=O) groups is 1. The third-order valence-electron chi connectivity index (χ3n) is 3.53. The standard InChI is InChI=1S/C19H22O4P.CO2.2K/c1-16-10-12-18(13-11-16)19(20)9-5-6-14-23-24(21,22)15-17-7-3-2-4-8-17;2-1-3;;/h2-5,7-8,10-13H,6,9,14-15H2,1H3,(H,21,22);;;/q-1;;2*+1/p-1. The summed E-state index contributed by atoms with van der Waals surface area (Å²) >= 11 is 0. The molecular formula is C20H21K2O6P. The molecule has 0 aliphatic rings. The van der Waals surface area contributed by atoms with Crippen molar-refractivity contribution in [2.24, 2.45) is 0 Å². The Labute approximate surface area is 256 Å². The van der Waals surface area contributed by atoms with Gasteiger partial charge < -0.3 is 20.4 Å². The van der Waals surface area contributed by atoms with Crippen molar-refractivity contribution in [2.75, 3.05) is 6.61 Å². The van der Waals surface area contributed by atoms with Gasteiger partial charge in [-0.15, -0.1) is 6.42 Å². The van der Waals surface area contributed by atoms with Crippen LogP contribution in [-0.2, 0) is 24.8 Å². The summed E-state index contributed by atoms with van der Waals surface area (Å²) in [4.78, 5) is 40.1. The third-order valence-corrected chi connectivity index (χ3v) is 4.86. The van der Waals surface area contributed by atoms with E-state index in [0.29, 0.717) is 17.5 Å². The van der Waals surface area contributed by atoms with Crippen LogP contribution in [-0.4, -0.2) is 18.5 Å². The molecule has 0 radical (unpaired) electrons. The quantitative estimate of drug-likeness (QED) is 0.132. The normalized spacial score (nSPS) is 11.4. The number of unbranched alkanes of at least 4 members (excludes halogenated alkanes) is 1. The third kappa shape index (κ3) is 15.4. The molecule has 0 amide bonds. The maximum absolute atomic E-state index is 12.0. The van der Waals surface area contributed by atoms with Crippen molar-refractivity contribution in [3.05, 3.63) is 77.7 Å². The fourth-order valence-corrected chi connectivity index (χ4v) is 3.35. The van der Waals surface area contributed by atoms with E-state index in [4.69, 9.17) is 14.1 Å². The molecule has 1 unspecified atom stereocenters. The zero-order chi connectivity index (χ0) is 20.1. The van der Waals surface area contributed by atoms with E-state index in [0.717, 1.165) is 5.56 Å². The first-order chi connectivity index (χ1) is 12.9. The van der Waals surface area contributed by atoms with Crippen LogP contribution in [0.3, 0.4) is 0 Å². The molecular weight excluding hydrogens is 445 g/mol. The SMILES string of the molecule is Cc1ccc(C(=O)C[CH-]CCOP(=O)([O-])Cc2ccccc2)cc1.O=C=O.[K+].[K+]. The summed E-state index contributed by atoms with van der Waals surface area (Å²) in [7, 11) is -3.90. The van der Waals surface area contributed by atoms with Crippen LogP contribution in [0, 0.1) is 13.3 Å². The molecule has 0 fully saturated rings. The zero-order valence-corrected chi connectivity index (χ0v) is 24.1. The molecule has 2 aromatic rings. The molecule has 0 saturated carbocycles. The van der Waals surface area contributed by atoms with Crippen molar-refractivity contribution in [3.8, 4) is 0 Å². The van der Waals surface area contributed by atoms with Crippen LogP contribution < -0.4 is 108 Å². The Kier molecular flexibility index (Phi) is 20.5. The average Bonchev–Trinajstić information content (AvgIpc) is 2.63. The molecule has 0 saturated heterocycles. The Hall–Kier alpha value is 0.913. The van der Waals surface area contributed by atoms with Gasteiger partial charge in [0.05, 0.1) is 0 Å². The van der Waals surface area contributed by atoms with Gasteiger partial charge in [-0.05, 0) is 12.5 Å². The van der Waals surface area contributed by atoms with Gasteiger partial charge in [-0.25, -0.2) is 0 Å². The second-order valence-corrected chi connectivity index (χ2v) is 7.54. The van der Waals surface area contributed by atoms with Crippen molar-refractivity contribution in [2.45, 2.75) is 25.9 Å². The summed E-state index contributed by atoms with van der Waals surface area (Å²) in [6.07, 6.45) is 2.58. The number of ketones is 1. The Morgan fingerprint density at radius 2 is 1.62 bits per heavy atom. The molecule has 0 aromatic heterocycles. The van der Waals surface area contributed by atoms with Gasteiger partial charge in [-0.2, -0.15) is 16.0 Å². The first kappa shape index (κ1) is 32.1. The predicted molar refractivity (Wildman–Crippen MR) is 97.8 cm³/mol. The Bertz CT molecular complexity index is 790. The monoisotopic (exact) mass is 466 g/mol. The molecule has 0 aliphatic heterocycles. The minimum Gasteiger partial charge on any atom is -0.778 e. The predicted octanol–water partition coefficient (Wildman–Crippen LogP) is -2.64. The smallest absolute Gasteiger partial charge is 0.778 e. The van der Waals surface area contributed by atoms with Crippen LogP contribution in [0.25, 0.3) is 0 Å². The van der Waals surface area contributed by atoms with E-state index < -0.39 is 7.60 Å². The van der Waals surface area contributed by atoms with Gasteiger partial charge in [0, 0.05) is 18.3 Å². The maximum Gasteiger partial charge on any atom is 1.00 e. The van der Waals surface area contributed by atoms with E-state index in [1.165, 1.54) is 0 Å². The Morgan fingerprint density at radius 1 is 1.07 bits per heavy atom. The minimum atomic E-state index is -3.90. The molecule has 6 nitrogen and oxygen atoms in total. The molecule has 2 aromatic carbocycles. The van der Waals surface area contributed by atoms with Crippen LogP contribution >= 0.6 is 7.60 Å². The number of carbonyl (C=O) groups excluding carboxylic acids is 3. The van der Waals surface area contributed by atoms with Crippen molar-refractivity contribution < 1.29 is 131 Å². The van der Waals surface area contributed by atoms with Crippen LogP contribution in [0.4, 0.5) is 0 Å². The Morgan fingerprint density at radius 3 is 2.17 bits per heavy atom. The van der Waals surface area contributed by atoms with Crippen LogP contribution in [0.5, 0.6) is 0 Å². The number of aryl methyl sites for hydroxylation is 1. The van der Waals surface area contributed by atoms with E-state index in [1.807, 2.05) is 25.1 Å². The van der Waals surface area contributed by atoms with Gasteiger partial charge >= 0.3 is 109 Å². The van der Waals surface area contributed by atoms with E-state index in [9.17, 15) is 14.3 Å². The van der Waals surface area contributed by atoms with E-state index in [-0.39, 0.29) is 134 Å². The molecule has 144 valence electrons. The number of hydrogen-bond donors (Lipinski definition) is 0. The number of rotatable bonds is 9. The summed E-state index contributed by atoms with van der Waals surface area (Å²) in [6, 6.07) is 16.3. The van der Waals surface area contributed by atoms with E-state index in [2.05, 4.69) is 0 Å². The van der Waals surface area contributed by atoms with Crippen molar-refractivity contribution >= 4 is 19.5 Å². The van der Waals surface area contributed by atoms with E-state index >= 15 is 0 Å². The summed E-state index contributed by atoms with van der Waals surface area (Å²) in [6.45, 7) is 2.03. The first-order valence-corrected chi connectivity index (χ1v) is 10.00. The van der Waals surface area contributed by atoms with Gasteiger partial charge in [-0.3, -0.25) is 4.79 Å². The van der Waals surface area contributed by atoms with Crippen LogP contribution in [0.15, 0.2) is 54.6 Å². The first-order valence-electron chi connectivity index (χ1n) is 8.27. The fourth-order valence-electron chi connectivity index (χ4n) is 2.22. The van der Waals surface area contributed by atoms with Gasteiger partial charge in [0.25, 0.3) is 0 Å². The summed E-state index contributed by atoms with van der Waals surface area (Å²) in [5.41, 5.74) is 2.47. The maximum atomic E-state index is 12.0. The van der Waals surface area contributed by atoms with Gasteiger partial charge in [-0.1, -0.05) is 60.2 Å². The average molecular weight is 467 g/mol. The molecule has 1 atom stereocenters. The van der Waals surface area contributed by atoms with Crippen molar-refractivity contribution in [1.29, 1.82) is 0 Å². The number of hydrogen-bond acceptors (Lipinski definition) is 6. The molecule has 29 heavy (non-hydrogen) atoms. The minimum absolute atomic E-state index is 0. The summed E-state index contributed by atoms with van der Waals surface area (Å²) < 4.78 is 16.9. The van der Waals surface area contributed by atoms with Gasteiger partial charge in [0.2, 0.25) is 0 Å². The van der Waals surface area contributed by atoms with Crippen LogP contribution in [0.2, 0.25) is 0 Å². The van der Waals surface area contributed by atoms with E-state index in [1.54, 1.807) is 42.8 Å². The van der Waals surface area contributed by atoms with Crippen LogP contribution in [0.1, 0.15) is 34.3 Å². The molecule has 9 heteroatoms. The van der Waals surface area contributed by atoms with Crippen molar-refractivity contribution in [1.82, 2.24) is 0 Å². The zero-order valence-electron chi connectivity index (χ0n) is 17.0. The van der Waals surface area contributed by atoms with Gasteiger partial charge in [0.1, 0.15) is 13.4 Å². The molecule has 0 N–H and O–H groups in total. The topological polar surface area (TPSA) is 101 Å². The number of benzene rings is 2. The van der Waals surface area contributed by atoms with Crippen molar-refractivity contribution in [3.63, 3.8) is 0 Å². The fraction of sp³-hybridized carbons (Fsp3) is 0.250. The summed E-state index contributed by atoms with van der Waals surface area (Å²) in [5.74, 6) is 0.0181. The second kappa shape index (κ2) is 18.5. The molecule has 2 rings (SSSR count). The summed E-state index contributed by atoms with van der Waals surface area (Å²) in [5, 5.41) is 0. The largest absolute Gasteiger partial charge is 1.00 e. The number of Topliss-reactive ketones (excluding diaryl/α,β-unsaturated/α-hetero) is 1.